The van der Waals surface area contributed by atoms with Gasteiger partial charge < -0.3 is 14.7 Å². The van der Waals surface area contributed by atoms with Gasteiger partial charge in [0, 0.05) is 44.4 Å². The molecule has 2 aromatic heterocycles. The van der Waals surface area contributed by atoms with Crippen LogP contribution in [-0.2, 0) is 12.7 Å². The summed E-state index contributed by atoms with van der Waals surface area (Å²) in [5.74, 6) is -1.20. The van der Waals surface area contributed by atoms with E-state index in [1.54, 1.807) is 17.0 Å². The van der Waals surface area contributed by atoms with Crippen molar-refractivity contribution in [3.05, 3.63) is 76.4 Å². The van der Waals surface area contributed by atoms with Gasteiger partial charge in [-0.15, -0.1) is 11.3 Å². The minimum absolute atomic E-state index is 0.0115. The first-order chi connectivity index (χ1) is 18.1. The zero-order valence-electron chi connectivity index (χ0n) is 20.9. The zero-order valence-corrected chi connectivity index (χ0v) is 21.7. The first kappa shape index (κ1) is 26.2. The van der Waals surface area contributed by atoms with Crippen molar-refractivity contribution in [3.8, 4) is 10.8 Å². The number of benzene rings is 2. The lowest BCUT2D eigenvalue weighted by Gasteiger charge is -2.32. The number of alkyl halides is 3. The van der Waals surface area contributed by atoms with Crippen LogP contribution in [-0.4, -0.2) is 63.7 Å². The number of hydrogen-bond donors (Lipinski definition) is 1. The Hall–Kier alpha value is -3.41. The van der Waals surface area contributed by atoms with Gasteiger partial charge in [-0.3, -0.25) is 9.47 Å². The number of imidazole rings is 1. The molecule has 1 aliphatic rings. The number of piperazine rings is 1. The number of halogens is 3. The van der Waals surface area contributed by atoms with Crippen LogP contribution in [0, 0.1) is 0 Å². The third-order valence-corrected chi connectivity index (χ3v) is 7.84. The Morgan fingerprint density at radius 3 is 2.58 bits per heavy atom. The van der Waals surface area contributed by atoms with E-state index in [0.717, 1.165) is 66.7 Å². The Morgan fingerprint density at radius 1 is 1.13 bits per heavy atom. The first-order valence-corrected chi connectivity index (χ1v) is 13.0. The maximum Gasteiger partial charge on any atom is 0.416 e. The van der Waals surface area contributed by atoms with Gasteiger partial charge in [-0.2, -0.15) is 13.2 Å². The van der Waals surface area contributed by atoms with Crippen LogP contribution in [0.15, 0.2) is 54.9 Å². The van der Waals surface area contributed by atoms with Crippen molar-refractivity contribution in [1.29, 1.82) is 0 Å². The average molecular weight is 545 g/mol. The molecule has 200 valence electrons. The summed E-state index contributed by atoms with van der Waals surface area (Å²) in [7, 11) is 2.11. The molecule has 1 saturated heterocycles. The number of carboxylic acid groups (broad SMARTS) is 1. The summed E-state index contributed by atoms with van der Waals surface area (Å²) in [6.07, 6.45) is -3.96. The SMILES string of the molecule is C[C@@H](Oc1cc(-n2cnc3ccc(CN4CCN(C)CC4)cc32)sc1C(=O)O)c1ccccc1C(F)(F)F. The molecule has 0 bridgehead atoms. The van der Waals surface area contributed by atoms with Crippen LogP contribution in [0.2, 0.25) is 0 Å². The fraction of sp³-hybridized carbons (Fsp3) is 0.333. The molecule has 0 unspecified atom stereocenters. The second-order valence-corrected chi connectivity index (χ2v) is 10.5. The lowest BCUT2D eigenvalue weighted by molar-refractivity contribution is -0.139. The van der Waals surface area contributed by atoms with Crippen molar-refractivity contribution in [2.45, 2.75) is 25.7 Å². The minimum Gasteiger partial charge on any atom is -0.484 e. The highest BCUT2D eigenvalue weighted by molar-refractivity contribution is 7.16. The maximum absolute atomic E-state index is 13.5. The summed E-state index contributed by atoms with van der Waals surface area (Å²) in [6, 6.07) is 12.7. The smallest absolute Gasteiger partial charge is 0.416 e. The van der Waals surface area contributed by atoms with Crippen LogP contribution in [0.1, 0.15) is 39.4 Å². The number of thiophene rings is 1. The fourth-order valence-electron chi connectivity index (χ4n) is 4.67. The molecule has 1 atom stereocenters. The van der Waals surface area contributed by atoms with Gasteiger partial charge in [0.25, 0.3) is 0 Å². The second kappa shape index (κ2) is 10.4. The van der Waals surface area contributed by atoms with Gasteiger partial charge in [0.15, 0.2) is 4.88 Å². The van der Waals surface area contributed by atoms with E-state index in [2.05, 4.69) is 21.8 Å². The van der Waals surface area contributed by atoms with E-state index in [9.17, 15) is 23.1 Å². The maximum atomic E-state index is 13.5. The number of carbonyl (C=O) groups is 1. The number of fused-ring (bicyclic) bond motifs is 1. The third-order valence-electron chi connectivity index (χ3n) is 6.74. The van der Waals surface area contributed by atoms with Crippen molar-refractivity contribution in [2.75, 3.05) is 33.2 Å². The van der Waals surface area contributed by atoms with E-state index in [1.165, 1.54) is 25.1 Å². The van der Waals surface area contributed by atoms with Gasteiger partial charge in [-0.1, -0.05) is 24.3 Å². The van der Waals surface area contributed by atoms with Gasteiger partial charge in [0.05, 0.1) is 16.6 Å². The van der Waals surface area contributed by atoms with Gasteiger partial charge in [0.2, 0.25) is 0 Å². The number of aromatic carboxylic acids is 1. The Balaban J connectivity index is 1.44. The highest BCUT2D eigenvalue weighted by atomic mass is 32.1. The van der Waals surface area contributed by atoms with Gasteiger partial charge >= 0.3 is 12.1 Å². The molecule has 1 N–H and O–H groups in total. The normalized spacial score (nSPS) is 16.1. The Labute approximate surface area is 221 Å². The predicted molar refractivity (Wildman–Crippen MR) is 139 cm³/mol. The van der Waals surface area contributed by atoms with E-state index in [-0.39, 0.29) is 16.2 Å². The van der Waals surface area contributed by atoms with Crippen molar-refractivity contribution in [2.24, 2.45) is 0 Å². The summed E-state index contributed by atoms with van der Waals surface area (Å²) >= 11 is 0.989. The number of nitrogens with zero attached hydrogens (tertiary/aromatic N) is 4. The molecular formula is C27H27F3N4O3S. The first-order valence-electron chi connectivity index (χ1n) is 12.2. The standard InChI is InChI=1S/C27H27F3N4O3S/c1-17(19-5-3-4-6-20(19)27(28,29)30)37-23-14-24(38-25(23)26(35)36)34-16-31-21-8-7-18(13-22(21)34)15-33-11-9-32(2)10-12-33/h3-8,13-14,16-17H,9-12,15H2,1-2H3,(H,35,36)/t17-/m1/s1. The molecule has 0 radical (unpaired) electrons. The molecule has 1 aliphatic heterocycles. The quantitative estimate of drug-likeness (QED) is 0.322. The Bertz CT molecular complexity index is 1460. The molecule has 2 aromatic carbocycles. The summed E-state index contributed by atoms with van der Waals surface area (Å²) in [5, 5.41) is 10.4. The molecule has 1 fully saturated rings. The van der Waals surface area contributed by atoms with E-state index >= 15 is 0 Å². The number of carboxylic acids is 1. The molecule has 4 aromatic rings. The topological polar surface area (TPSA) is 70.8 Å². The number of aromatic nitrogens is 2. The zero-order chi connectivity index (χ0) is 27.0. The molecule has 0 spiro atoms. The van der Waals surface area contributed by atoms with Crippen molar-refractivity contribution < 1.29 is 27.8 Å². The monoisotopic (exact) mass is 544 g/mol. The van der Waals surface area contributed by atoms with Crippen molar-refractivity contribution >= 4 is 28.3 Å². The highest BCUT2D eigenvalue weighted by Gasteiger charge is 2.35. The molecule has 38 heavy (non-hydrogen) atoms. The van der Waals surface area contributed by atoms with Crippen LogP contribution in [0.5, 0.6) is 5.75 Å². The average Bonchev–Trinajstić information content (AvgIpc) is 3.49. The van der Waals surface area contributed by atoms with Crippen molar-refractivity contribution in [3.63, 3.8) is 0 Å². The highest BCUT2D eigenvalue weighted by Crippen LogP contribution is 2.39. The number of hydrogen-bond acceptors (Lipinski definition) is 6. The number of ether oxygens (including phenoxy) is 1. The number of rotatable bonds is 7. The summed E-state index contributed by atoms with van der Waals surface area (Å²) in [4.78, 5) is 21.1. The lowest BCUT2D eigenvalue weighted by atomic mass is 10.0. The molecule has 11 heteroatoms. The third kappa shape index (κ3) is 5.40. The van der Waals surface area contributed by atoms with E-state index in [1.807, 2.05) is 18.2 Å². The van der Waals surface area contributed by atoms with Crippen molar-refractivity contribution in [1.82, 2.24) is 19.4 Å². The second-order valence-electron chi connectivity index (χ2n) is 9.45. The molecule has 5 rings (SSSR count). The molecule has 3 heterocycles. The summed E-state index contributed by atoms with van der Waals surface area (Å²) < 4.78 is 48.2. The Morgan fingerprint density at radius 2 is 1.87 bits per heavy atom. The Kier molecular flexibility index (Phi) is 7.17. The van der Waals surface area contributed by atoms with Crippen LogP contribution in [0.25, 0.3) is 16.0 Å². The van der Waals surface area contributed by atoms with E-state index in [0.29, 0.717) is 5.00 Å². The summed E-state index contributed by atoms with van der Waals surface area (Å²) in [6.45, 7) is 6.27. The van der Waals surface area contributed by atoms with Crippen LogP contribution in [0.4, 0.5) is 13.2 Å². The number of likely N-dealkylation sites (N-methyl/N-ethyl adjacent to an activating group) is 1. The van der Waals surface area contributed by atoms with Crippen LogP contribution < -0.4 is 4.74 Å². The summed E-state index contributed by atoms with van der Waals surface area (Å²) in [5.41, 5.74) is 1.82. The predicted octanol–water partition coefficient (Wildman–Crippen LogP) is 5.69. The molecular weight excluding hydrogens is 517 g/mol. The van der Waals surface area contributed by atoms with Gasteiger partial charge in [0.1, 0.15) is 23.2 Å². The minimum atomic E-state index is -4.55. The lowest BCUT2D eigenvalue weighted by Crippen LogP contribution is -2.43. The van der Waals surface area contributed by atoms with Crippen LogP contribution >= 0.6 is 11.3 Å². The molecule has 0 amide bonds. The molecule has 0 aliphatic carbocycles. The van der Waals surface area contributed by atoms with E-state index < -0.39 is 23.8 Å². The largest absolute Gasteiger partial charge is 0.484 e. The van der Waals surface area contributed by atoms with Gasteiger partial charge in [-0.05, 0) is 37.7 Å². The molecule has 7 nitrogen and oxygen atoms in total. The molecule has 0 saturated carbocycles. The fourth-order valence-corrected chi connectivity index (χ4v) is 5.59. The van der Waals surface area contributed by atoms with Gasteiger partial charge in [-0.25, -0.2) is 9.78 Å². The van der Waals surface area contributed by atoms with Crippen LogP contribution in [0.3, 0.4) is 0 Å². The van der Waals surface area contributed by atoms with E-state index in [4.69, 9.17) is 4.74 Å².